The first-order valence-corrected chi connectivity index (χ1v) is 7.32. The van der Waals surface area contributed by atoms with Gasteiger partial charge in [-0.3, -0.25) is 9.59 Å². The Balaban J connectivity index is 1.81. The number of likely N-dealkylation sites (tertiary alicyclic amines) is 2. The maximum Gasteiger partial charge on any atom is 0.242 e. The SMILES string of the molecule is CN(C)CC1(O)CCN(C(=O)CN2CCCC2=O)CC1. The zero-order chi connectivity index (χ0) is 14.8. The highest BCUT2D eigenvalue weighted by molar-refractivity contribution is 5.85. The molecule has 0 unspecified atom stereocenters. The van der Waals surface area contributed by atoms with Crippen LogP contribution in [0.3, 0.4) is 0 Å². The Kier molecular flexibility index (Phi) is 4.65. The molecule has 2 aliphatic rings. The van der Waals surface area contributed by atoms with E-state index in [4.69, 9.17) is 0 Å². The lowest BCUT2D eigenvalue weighted by atomic mass is 9.91. The highest BCUT2D eigenvalue weighted by Gasteiger charge is 2.35. The standard InChI is InChI=1S/C14H25N3O3/c1-15(2)11-14(20)5-8-16(9-6-14)13(19)10-17-7-3-4-12(17)18/h20H,3-11H2,1-2H3. The molecule has 0 saturated carbocycles. The summed E-state index contributed by atoms with van der Waals surface area (Å²) in [6, 6.07) is 0. The van der Waals surface area contributed by atoms with Crippen LogP contribution >= 0.6 is 0 Å². The normalized spacial score (nSPS) is 22.7. The molecule has 0 atom stereocenters. The number of hydrogen-bond donors (Lipinski definition) is 1. The number of hydrogen-bond acceptors (Lipinski definition) is 4. The topological polar surface area (TPSA) is 64.1 Å². The number of amides is 2. The highest BCUT2D eigenvalue weighted by Crippen LogP contribution is 2.23. The second-order valence-corrected chi connectivity index (χ2v) is 6.26. The molecule has 6 nitrogen and oxygen atoms in total. The maximum atomic E-state index is 12.2. The van der Waals surface area contributed by atoms with Gasteiger partial charge < -0.3 is 19.8 Å². The number of carbonyl (C=O) groups excluding carboxylic acids is 2. The van der Waals surface area contributed by atoms with Crippen molar-refractivity contribution in [1.82, 2.24) is 14.7 Å². The fraction of sp³-hybridized carbons (Fsp3) is 0.857. The summed E-state index contributed by atoms with van der Waals surface area (Å²) in [6.07, 6.45) is 2.63. The summed E-state index contributed by atoms with van der Waals surface area (Å²) in [7, 11) is 3.88. The van der Waals surface area contributed by atoms with E-state index in [2.05, 4.69) is 0 Å². The van der Waals surface area contributed by atoms with E-state index in [9.17, 15) is 14.7 Å². The average molecular weight is 283 g/mol. The Labute approximate surface area is 120 Å². The molecule has 1 N–H and O–H groups in total. The molecule has 2 rings (SSSR count). The number of piperidine rings is 1. The monoisotopic (exact) mass is 283 g/mol. The van der Waals surface area contributed by atoms with Gasteiger partial charge in [0.15, 0.2) is 0 Å². The van der Waals surface area contributed by atoms with Gasteiger partial charge in [0.25, 0.3) is 0 Å². The van der Waals surface area contributed by atoms with Gasteiger partial charge in [0, 0.05) is 32.6 Å². The minimum Gasteiger partial charge on any atom is -0.388 e. The lowest BCUT2D eigenvalue weighted by Gasteiger charge is -2.40. The Morgan fingerprint density at radius 1 is 1.30 bits per heavy atom. The van der Waals surface area contributed by atoms with Gasteiger partial charge in [-0.05, 0) is 33.4 Å². The molecule has 0 aromatic carbocycles. The van der Waals surface area contributed by atoms with Crippen molar-refractivity contribution in [3.63, 3.8) is 0 Å². The van der Waals surface area contributed by atoms with Gasteiger partial charge in [0.1, 0.15) is 0 Å². The summed E-state index contributed by atoms with van der Waals surface area (Å²) in [5.41, 5.74) is -0.691. The van der Waals surface area contributed by atoms with Crippen LogP contribution in [0.4, 0.5) is 0 Å². The molecule has 2 heterocycles. The van der Waals surface area contributed by atoms with Crippen molar-refractivity contribution in [2.45, 2.75) is 31.3 Å². The predicted octanol–water partition coefficient (Wildman–Crippen LogP) is -0.476. The van der Waals surface area contributed by atoms with Crippen molar-refractivity contribution in [3.05, 3.63) is 0 Å². The van der Waals surface area contributed by atoms with Gasteiger partial charge in [-0.25, -0.2) is 0 Å². The van der Waals surface area contributed by atoms with Crippen molar-refractivity contribution >= 4 is 11.8 Å². The van der Waals surface area contributed by atoms with Gasteiger partial charge in [0.2, 0.25) is 11.8 Å². The number of likely N-dealkylation sites (N-methyl/N-ethyl adjacent to an activating group) is 1. The van der Waals surface area contributed by atoms with Crippen molar-refractivity contribution in [1.29, 1.82) is 0 Å². The summed E-state index contributed by atoms with van der Waals surface area (Å²) in [6.45, 7) is 2.67. The number of rotatable bonds is 4. The predicted molar refractivity (Wildman–Crippen MR) is 75.1 cm³/mol. The first-order valence-electron chi connectivity index (χ1n) is 7.32. The minimum atomic E-state index is -0.691. The second-order valence-electron chi connectivity index (χ2n) is 6.26. The van der Waals surface area contributed by atoms with Gasteiger partial charge in [-0.15, -0.1) is 0 Å². The summed E-state index contributed by atoms with van der Waals surface area (Å²) < 4.78 is 0. The summed E-state index contributed by atoms with van der Waals surface area (Å²) in [5, 5.41) is 10.4. The van der Waals surface area contributed by atoms with Crippen LogP contribution in [0.1, 0.15) is 25.7 Å². The van der Waals surface area contributed by atoms with Crippen molar-refractivity contribution in [2.24, 2.45) is 0 Å². The molecule has 2 fully saturated rings. The molecule has 2 aliphatic heterocycles. The fourth-order valence-corrected chi connectivity index (χ4v) is 3.05. The largest absolute Gasteiger partial charge is 0.388 e. The van der Waals surface area contributed by atoms with E-state index in [1.807, 2.05) is 19.0 Å². The van der Waals surface area contributed by atoms with E-state index in [1.165, 1.54) is 0 Å². The molecule has 2 saturated heterocycles. The van der Waals surface area contributed by atoms with Crippen molar-refractivity contribution in [2.75, 3.05) is 46.8 Å². The van der Waals surface area contributed by atoms with Crippen LogP contribution in [0.2, 0.25) is 0 Å². The zero-order valence-electron chi connectivity index (χ0n) is 12.5. The molecule has 20 heavy (non-hydrogen) atoms. The summed E-state index contributed by atoms with van der Waals surface area (Å²) in [5.74, 6) is 0.0895. The van der Waals surface area contributed by atoms with E-state index >= 15 is 0 Å². The first-order chi connectivity index (χ1) is 9.39. The lowest BCUT2D eigenvalue weighted by molar-refractivity contribution is -0.141. The maximum absolute atomic E-state index is 12.2. The molecular formula is C14H25N3O3. The zero-order valence-corrected chi connectivity index (χ0v) is 12.5. The Morgan fingerprint density at radius 2 is 1.95 bits per heavy atom. The third kappa shape index (κ3) is 3.70. The van der Waals surface area contributed by atoms with E-state index in [0.717, 1.165) is 6.42 Å². The van der Waals surface area contributed by atoms with E-state index in [0.29, 0.717) is 45.4 Å². The van der Waals surface area contributed by atoms with E-state index in [-0.39, 0.29) is 18.4 Å². The molecule has 0 aromatic heterocycles. The van der Waals surface area contributed by atoms with Crippen LogP contribution < -0.4 is 0 Å². The highest BCUT2D eigenvalue weighted by atomic mass is 16.3. The molecule has 114 valence electrons. The smallest absolute Gasteiger partial charge is 0.242 e. The van der Waals surface area contributed by atoms with Crippen LogP contribution in [0, 0.1) is 0 Å². The molecule has 6 heteroatoms. The van der Waals surface area contributed by atoms with Crippen LogP contribution in [0.5, 0.6) is 0 Å². The van der Waals surface area contributed by atoms with Gasteiger partial charge in [-0.2, -0.15) is 0 Å². The van der Waals surface area contributed by atoms with Crippen LogP contribution in [-0.4, -0.2) is 84.0 Å². The Morgan fingerprint density at radius 3 is 2.45 bits per heavy atom. The Bertz CT molecular complexity index is 376. The van der Waals surface area contributed by atoms with Gasteiger partial charge >= 0.3 is 0 Å². The summed E-state index contributed by atoms with van der Waals surface area (Å²) >= 11 is 0. The molecule has 0 aliphatic carbocycles. The summed E-state index contributed by atoms with van der Waals surface area (Å²) in [4.78, 5) is 29.1. The molecule has 0 spiro atoms. The molecule has 0 bridgehead atoms. The van der Waals surface area contributed by atoms with E-state index < -0.39 is 5.60 Å². The van der Waals surface area contributed by atoms with Crippen LogP contribution in [0.25, 0.3) is 0 Å². The average Bonchev–Trinajstić information content (AvgIpc) is 2.74. The van der Waals surface area contributed by atoms with Crippen LogP contribution in [0.15, 0.2) is 0 Å². The van der Waals surface area contributed by atoms with Crippen molar-refractivity contribution < 1.29 is 14.7 Å². The molecule has 0 aromatic rings. The Hall–Kier alpha value is -1.14. The third-order valence-corrected chi connectivity index (χ3v) is 4.15. The van der Waals surface area contributed by atoms with Crippen LogP contribution in [-0.2, 0) is 9.59 Å². The number of aliphatic hydroxyl groups is 1. The second kappa shape index (κ2) is 6.10. The minimum absolute atomic E-state index is 0.00662. The fourth-order valence-electron chi connectivity index (χ4n) is 3.05. The number of carbonyl (C=O) groups is 2. The first kappa shape index (κ1) is 15.3. The molecular weight excluding hydrogens is 258 g/mol. The van der Waals surface area contributed by atoms with Gasteiger partial charge in [0.05, 0.1) is 12.1 Å². The quantitative estimate of drug-likeness (QED) is 0.757. The molecule has 0 radical (unpaired) electrons. The lowest BCUT2D eigenvalue weighted by Crippen LogP contribution is -2.52. The molecule has 2 amide bonds. The number of nitrogens with zero attached hydrogens (tertiary/aromatic N) is 3. The van der Waals surface area contributed by atoms with Crippen molar-refractivity contribution in [3.8, 4) is 0 Å². The van der Waals surface area contributed by atoms with Gasteiger partial charge in [-0.1, -0.05) is 0 Å². The third-order valence-electron chi connectivity index (χ3n) is 4.15. The van der Waals surface area contributed by atoms with E-state index in [1.54, 1.807) is 9.80 Å².